The Kier molecular flexibility index (Phi) is 7.39. The molecule has 3 heteroatoms. The zero-order valence-corrected chi connectivity index (χ0v) is 30.6. The van der Waals surface area contributed by atoms with Crippen molar-refractivity contribution in [2.45, 2.75) is 0 Å². The first kappa shape index (κ1) is 31.6. The van der Waals surface area contributed by atoms with Crippen LogP contribution in [0.1, 0.15) is 0 Å². The quantitative estimate of drug-likeness (QED) is 0.170. The second-order valence-corrected chi connectivity index (χ2v) is 15.1. The molecule has 11 aromatic rings. The van der Waals surface area contributed by atoms with E-state index in [0.29, 0.717) is 0 Å². The summed E-state index contributed by atoms with van der Waals surface area (Å²) < 4.78 is 9.34. The van der Waals surface area contributed by atoms with Gasteiger partial charge in [0.15, 0.2) is 0 Å². The first-order valence-electron chi connectivity index (χ1n) is 18.7. The normalized spacial score (nSPS) is 11.6. The Labute approximate surface area is 322 Å². The number of benzene rings is 9. The lowest BCUT2D eigenvalue weighted by atomic mass is 9.99. The topological polar surface area (TPSA) is 16.4 Å². The molecule has 0 aliphatic carbocycles. The summed E-state index contributed by atoms with van der Waals surface area (Å²) in [5.74, 6) is 0. The van der Waals surface area contributed by atoms with Crippen molar-refractivity contribution in [1.82, 2.24) is 0 Å². The lowest BCUT2D eigenvalue weighted by Crippen LogP contribution is -2.10. The molecule has 0 unspecified atom stereocenters. The van der Waals surface area contributed by atoms with Crippen molar-refractivity contribution in [3.05, 3.63) is 200 Å². The minimum absolute atomic E-state index is 0.876. The van der Waals surface area contributed by atoms with Gasteiger partial charge in [-0.1, -0.05) is 146 Å². The van der Waals surface area contributed by atoms with Crippen molar-refractivity contribution in [2.24, 2.45) is 0 Å². The van der Waals surface area contributed by atoms with Gasteiger partial charge in [-0.15, -0.1) is 11.3 Å². The number of rotatable bonds is 6. The van der Waals surface area contributed by atoms with Gasteiger partial charge in [0.05, 0.1) is 11.1 Å². The van der Waals surface area contributed by atoms with Crippen LogP contribution in [0, 0.1) is 0 Å². The fourth-order valence-electron chi connectivity index (χ4n) is 8.21. The molecular formula is C52H33NOS. The van der Waals surface area contributed by atoms with Gasteiger partial charge >= 0.3 is 0 Å². The number of hydrogen-bond donors (Lipinski definition) is 0. The first-order chi connectivity index (χ1) is 27.3. The largest absolute Gasteiger partial charge is 0.455 e. The molecule has 0 aliphatic rings. The van der Waals surface area contributed by atoms with E-state index in [9.17, 15) is 0 Å². The third kappa shape index (κ3) is 5.32. The van der Waals surface area contributed by atoms with Crippen molar-refractivity contribution in [3.8, 4) is 33.4 Å². The summed E-state index contributed by atoms with van der Waals surface area (Å²) in [5.41, 5.74) is 12.1. The van der Waals surface area contributed by atoms with Crippen LogP contribution in [-0.4, -0.2) is 0 Å². The average Bonchev–Trinajstić information content (AvgIpc) is 3.84. The zero-order valence-electron chi connectivity index (χ0n) is 29.8. The summed E-state index contributed by atoms with van der Waals surface area (Å²) >= 11 is 1.87. The van der Waals surface area contributed by atoms with E-state index in [2.05, 4.69) is 205 Å². The molecule has 0 fully saturated rings. The molecule has 258 valence electrons. The number of furan rings is 1. The predicted molar refractivity (Wildman–Crippen MR) is 235 cm³/mol. The smallest absolute Gasteiger partial charge is 0.145 e. The molecule has 0 amide bonds. The Morgan fingerprint density at radius 1 is 0.400 bits per heavy atom. The van der Waals surface area contributed by atoms with E-state index in [1.165, 1.54) is 53.2 Å². The zero-order chi connectivity index (χ0) is 36.3. The molecule has 2 heterocycles. The molecule has 0 radical (unpaired) electrons. The van der Waals surface area contributed by atoms with Gasteiger partial charge in [-0.25, -0.2) is 0 Å². The summed E-state index contributed by atoms with van der Waals surface area (Å²) in [6.07, 6.45) is 0. The van der Waals surface area contributed by atoms with Crippen LogP contribution in [0.5, 0.6) is 0 Å². The summed E-state index contributed by atoms with van der Waals surface area (Å²) in [6, 6.07) is 72.1. The van der Waals surface area contributed by atoms with Crippen LogP contribution in [0.15, 0.2) is 205 Å². The number of hydrogen-bond acceptors (Lipinski definition) is 3. The first-order valence-corrected chi connectivity index (χ1v) is 19.5. The van der Waals surface area contributed by atoms with Gasteiger partial charge in [-0.05, 0) is 93.2 Å². The van der Waals surface area contributed by atoms with E-state index >= 15 is 0 Å². The highest BCUT2D eigenvalue weighted by molar-refractivity contribution is 7.26. The highest BCUT2D eigenvalue weighted by Gasteiger charge is 2.23. The van der Waals surface area contributed by atoms with Crippen LogP contribution >= 0.6 is 11.3 Å². The van der Waals surface area contributed by atoms with E-state index in [1.54, 1.807) is 0 Å². The van der Waals surface area contributed by atoms with Crippen LogP contribution < -0.4 is 4.90 Å². The number of thiophene rings is 1. The minimum Gasteiger partial charge on any atom is -0.455 e. The van der Waals surface area contributed by atoms with Gasteiger partial charge in [-0.3, -0.25) is 0 Å². The van der Waals surface area contributed by atoms with Crippen molar-refractivity contribution >= 4 is 81.3 Å². The second kappa shape index (κ2) is 12.9. The maximum absolute atomic E-state index is 6.76. The maximum atomic E-state index is 6.76. The number of para-hydroxylation sites is 1. The van der Waals surface area contributed by atoms with Crippen molar-refractivity contribution in [2.75, 3.05) is 4.90 Å². The molecule has 0 spiro atoms. The Balaban J connectivity index is 1.14. The van der Waals surface area contributed by atoms with Crippen molar-refractivity contribution in [3.63, 3.8) is 0 Å². The van der Waals surface area contributed by atoms with Gasteiger partial charge in [0, 0.05) is 42.5 Å². The molecule has 11 rings (SSSR count). The Morgan fingerprint density at radius 2 is 1.07 bits per heavy atom. The summed E-state index contributed by atoms with van der Waals surface area (Å²) in [7, 11) is 0. The van der Waals surface area contributed by atoms with Gasteiger partial charge < -0.3 is 9.32 Å². The average molecular weight is 720 g/mol. The van der Waals surface area contributed by atoms with E-state index in [0.717, 1.165) is 50.1 Å². The Bertz CT molecular complexity index is 3190. The molecule has 0 saturated heterocycles. The minimum atomic E-state index is 0.876. The molecular weight excluding hydrogens is 687 g/mol. The van der Waals surface area contributed by atoms with Crippen LogP contribution in [-0.2, 0) is 0 Å². The molecule has 2 aromatic heterocycles. The second-order valence-electron chi connectivity index (χ2n) is 14.1. The highest BCUT2D eigenvalue weighted by atomic mass is 32.1. The van der Waals surface area contributed by atoms with Crippen LogP contribution in [0.2, 0.25) is 0 Å². The van der Waals surface area contributed by atoms with Crippen LogP contribution in [0.25, 0.3) is 86.3 Å². The predicted octanol–water partition coefficient (Wildman–Crippen LogP) is 15.6. The third-order valence-corrected chi connectivity index (χ3v) is 12.1. The van der Waals surface area contributed by atoms with Crippen molar-refractivity contribution < 1.29 is 4.42 Å². The molecule has 9 aromatic carbocycles. The molecule has 0 saturated carbocycles. The monoisotopic (exact) mass is 719 g/mol. The summed E-state index contributed by atoms with van der Waals surface area (Å²) in [5, 5.41) is 7.20. The standard InChI is InChI=1S/C52H33NOS/c1-3-13-36(14-4-1)42-29-30-47(50-45-18-9-10-21-48(45)54-51(42)50)53(40-26-24-35(25-27-40)39-23-22-34-12-7-8-17-38(34)32-39)41-28-31-49-46(33-41)44-20-11-19-43(52(44)55-49)37-15-5-2-6-16-37/h1-33H. The fourth-order valence-corrected chi connectivity index (χ4v) is 9.43. The van der Waals surface area contributed by atoms with Gasteiger partial charge in [-0.2, -0.15) is 0 Å². The van der Waals surface area contributed by atoms with E-state index < -0.39 is 0 Å². The Morgan fingerprint density at radius 3 is 1.89 bits per heavy atom. The van der Waals surface area contributed by atoms with Gasteiger partial charge in [0.1, 0.15) is 11.2 Å². The maximum Gasteiger partial charge on any atom is 0.145 e. The molecule has 0 bridgehead atoms. The highest BCUT2D eigenvalue weighted by Crippen LogP contribution is 2.48. The summed E-state index contributed by atoms with van der Waals surface area (Å²) in [4.78, 5) is 2.41. The fraction of sp³-hybridized carbons (Fsp3) is 0. The molecule has 0 N–H and O–H groups in total. The van der Waals surface area contributed by atoms with Gasteiger partial charge in [0.2, 0.25) is 0 Å². The number of anilines is 3. The van der Waals surface area contributed by atoms with Crippen LogP contribution in [0.4, 0.5) is 17.1 Å². The molecule has 0 atom stereocenters. The van der Waals surface area contributed by atoms with E-state index in [4.69, 9.17) is 4.42 Å². The van der Waals surface area contributed by atoms with E-state index in [1.807, 2.05) is 11.3 Å². The van der Waals surface area contributed by atoms with Gasteiger partial charge in [0.25, 0.3) is 0 Å². The lowest BCUT2D eigenvalue weighted by Gasteiger charge is -2.27. The molecule has 0 aliphatic heterocycles. The number of nitrogens with zero attached hydrogens (tertiary/aromatic N) is 1. The number of fused-ring (bicyclic) bond motifs is 7. The Hall–Kier alpha value is -6.94. The molecule has 2 nitrogen and oxygen atoms in total. The van der Waals surface area contributed by atoms with Crippen molar-refractivity contribution in [1.29, 1.82) is 0 Å². The summed E-state index contributed by atoms with van der Waals surface area (Å²) in [6.45, 7) is 0. The molecule has 55 heavy (non-hydrogen) atoms. The third-order valence-electron chi connectivity index (χ3n) is 10.9. The van der Waals surface area contributed by atoms with E-state index in [-0.39, 0.29) is 0 Å². The lowest BCUT2D eigenvalue weighted by molar-refractivity contribution is 0.670. The van der Waals surface area contributed by atoms with Crippen LogP contribution in [0.3, 0.4) is 0 Å². The SMILES string of the molecule is c1ccc(-c2ccc(N(c3ccc(-c4ccc5ccccc5c4)cc3)c3ccc4sc5c(-c6ccccc6)cccc5c4c3)c3c2oc2ccccc23)cc1.